The Balaban J connectivity index is 2.45. The van der Waals surface area contributed by atoms with E-state index in [1.165, 1.54) is 0 Å². The third-order valence-corrected chi connectivity index (χ3v) is 0.743. The fourth-order valence-corrected chi connectivity index (χ4v) is 0.348. The molecular formula is C5H11O2. The molecule has 0 saturated heterocycles. The molecule has 2 heteroatoms. The van der Waals surface area contributed by atoms with Gasteiger partial charge in [0.1, 0.15) is 0 Å². The first-order chi connectivity index (χ1) is 3.41. The van der Waals surface area contributed by atoms with Gasteiger partial charge in [-0.3, -0.25) is 0 Å². The molecule has 0 spiro atoms. The van der Waals surface area contributed by atoms with Crippen molar-refractivity contribution in [1.29, 1.82) is 0 Å². The van der Waals surface area contributed by atoms with Crippen molar-refractivity contribution in [3.63, 3.8) is 0 Å². The first-order valence-corrected chi connectivity index (χ1v) is 2.49. The van der Waals surface area contributed by atoms with E-state index in [1.807, 2.05) is 0 Å². The van der Waals surface area contributed by atoms with Crippen molar-refractivity contribution in [2.45, 2.75) is 12.8 Å². The summed E-state index contributed by atoms with van der Waals surface area (Å²) in [5.74, 6) is 0. The number of methoxy groups -OCH3 is 1. The third-order valence-electron chi connectivity index (χ3n) is 0.743. The molecule has 0 amide bonds. The minimum Gasteiger partial charge on any atom is -0.385 e. The summed E-state index contributed by atoms with van der Waals surface area (Å²) in [4.78, 5) is 0. The first kappa shape index (κ1) is 6.92. The van der Waals surface area contributed by atoms with E-state index in [1.54, 1.807) is 7.11 Å². The van der Waals surface area contributed by atoms with Gasteiger partial charge in [0, 0.05) is 13.7 Å². The molecule has 0 aliphatic carbocycles. The molecular weight excluding hydrogens is 92.1 g/mol. The van der Waals surface area contributed by atoms with Crippen LogP contribution in [0.15, 0.2) is 0 Å². The van der Waals surface area contributed by atoms with E-state index < -0.39 is 0 Å². The molecule has 0 aliphatic rings. The molecule has 0 unspecified atom stereocenters. The summed E-state index contributed by atoms with van der Waals surface area (Å²) in [6.45, 7) is 0.756. The van der Waals surface area contributed by atoms with E-state index in [0.29, 0.717) is 0 Å². The van der Waals surface area contributed by atoms with Crippen molar-refractivity contribution in [1.82, 2.24) is 0 Å². The molecule has 0 aromatic rings. The second-order valence-corrected chi connectivity index (χ2v) is 1.40. The van der Waals surface area contributed by atoms with Crippen molar-refractivity contribution in [3.05, 3.63) is 0 Å². The van der Waals surface area contributed by atoms with Gasteiger partial charge in [-0.05, 0) is 12.8 Å². The highest BCUT2D eigenvalue weighted by molar-refractivity contribution is 4.32. The Morgan fingerprint density at radius 3 is 2.57 bits per heavy atom. The predicted molar refractivity (Wildman–Crippen MR) is 26.7 cm³/mol. The van der Waals surface area contributed by atoms with Crippen LogP contribution in [0.3, 0.4) is 0 Å². The van der Waals surface area contributed by atoms with Crippen LogP contribution in [0.2, 0.25) is 0 Å². The van der Waals surface area contributed by atoms with Crippen LogP contribution in [0.25, 0.3) is 0 Å². The summed E-state index contributed by atoms with van der Waals surface area (Å²) < 4.78 is 4.70. The highest BCUT2D eigenvalue weighted by Gasteiger charge is 1.81. The van der Waals surface area contributed by atoms with Crippen LogP contribution in [0, 0.1) is 0 Å². The topological polar surface area (TPSA) is 29.1 Å². The smallest absolute Gasteiger partial charge is 0.0823 e. The summed E-state index contributed by atoms with van der Waals surface area (Å²) in [5, 5.41) is 9.75. The Kier molecular flexibility index (Phi) is 5.85. The van der Waals surface area contributed by atoms with Crippen molar-refractivity contribution >= 4 is 0 Å². The van der Waals surface area contributed by atoms with Crippen LogP contribution in [0.4, 0.5) is 0 Å². The molecule has 0 fully saturated rings. The van der Waals surface area contributed by atoms with Crippen LogP contribution < -0.4 is 0 Å². The van der Waals surface area contributed by atoms with Gasteiger partial charge in [0.05, 0.1) is 6.61 Å². The molecule has 0 aliphatic heterocycles. The summed E-state index contributed by atoms with van der Waals surface area (Å²) in [7, 11) is 1.64. The van der Waals surface area contributed by atoms with Crippen LogP contribution in [0.5, 0.6) is 0 Å². The number of hydrogen-bond donors (Lipinski definition) is 0. The standard InChI is InChI=1S/C5H11O2/c1-7-5-3-2-4-6/h2-5H2,1H3. The van der Waals surface area contributed by atoms with Crippen molar-refractivity contribution < 1.29 is 9.84 Å². The SMILES string of the molecule is COCCCC[O]. The molecule has 1 radical (unpaired) electrons. The Labute approximate surface area is 44.1 Å². The lowest BCUT2D eigenvalue weighted by atomic mass is 10.3. The van der Waals surface area contributed by atoms with Crippen LogP contribution in [-0.4, -0.2) is 20.3 Å². The molecule has 7 heavy (non-hydrogen) atoms. The monoisotopic (exact) mass is 103 g/mol. The van der Waals surface area contributed by atoms with Crippen molar-refractivity contribution in [2.75, 3.05) is 20.3 Å². The molecule has 0 rings (SSSR count). The summed E-state index contributed by atoms with van der Waals surface area (Å²) in [6, 6.07) is 0. The zero-order valence-electron chi connectivity index (χ0n) is 4.64. The molecule has 0 bridgehead atoms. The fraction of sp³-hybridized carbons (Fsp3) is 1.00. The van der Waals surface area contributed by atoms with E-state index in [9.17, 15) is 5.11 Å². The van der Waals surface area contributed by atoms with Crippen molar-refractivity contribution in [3.8, 4) is 0 Å². The highest BCUT2D eigenvalue weighted by atomic mass is 16.5. The number of ether oxygens (including phenoxy) is 1. The Morgan fingerprint density at radius 1 is 1.43 bits per heavy atom. The Morgan fingerprint density at radius 2 is 2.14 bits per heavy atom. The van der Waals surface area contributed by atoms with E-state index in [4.69, 9.17) is 4.74 Å². The lowest BCUT2D eigenvalue weighted by molar-refractivity contribution is 0.155. The lowest BCUT2D eigenvalue weighted by Gasteiger charge is -1.91. The van der Waals surface area contributed by atoms with E-state index >= 15 is 0 Å². The summed E-state index contributed by atoms with van der Waals surface area (Å²) in [6.07, 6.45) is 1.65. The molecule has 2 nitrogen and oxygen atoms in total. The molecule has 0 atom stereocenters. The predicted octanol–water partition coefficient (Wildman–Crippen LogP) is 0.844. The third kappa shape index (κ3) is 5.92. The maximum absolute atomic E-state index is 9.75. The van der Waals surface area contributed by atoms with Crippen LogP contribution >= 0.6 is 0 Å². The van der Waals surface area contributed by atoms with Gasteiger partial charge >= 0.3 is 0 Å². The minimum absolute atomic E-state index is 0.0311. The van der Waals surface area contributed by atoms with Gasteiger partial charge in [-0.2, -0.15) is 0 Å². The van der Waals surface area contributed by atoms with Gasteiger partial charge in [-0.1, -0.05) is 0 Å². The Hall–Kier alpha value is -0.0800. The Bertz CT molecular complexity index is 25.3. The fourth-order valence-electron chi connectivity index (χ4n) is 0.348. The van der Waals surface area contributed by atoms with E-state index in [2.05, 4.69) is 0 Å². The molecule has 0 heterocycles. The van der Waals surface area contributed by atoms with Crippen LogP contribution in [0.1, 0.15) is 12.8 Å². The van der Waals surface area contributed by atoms with Gasteiger partial charge < -0.3 is 4.74 Å². The zero-order valence-corrected chi connectivity index (χ0v) is 4.64. The van der Waals surface area contributed by atoms with E-state index in [0.717, 1.165) is 19.4 Å². The second kappa shape index (κ2) is 5.92. The van der Waals surface area contributed by atoms with Gasteiger partial charge in [-0.15, -0.1) is 0 Å². The molecule has 0 saturated carbocycles. The minimum atomic E-state index is 0.0311. The van der Waals surface area contributed by atoms with E-state index in [-0.39, 0.29) is 6.61 Å². The van der Waals surface area contributed by atoms with Crippen molar-refractivity contribution in [2.24, 2.45) is 0 Å². The second-order valence-electron chi connectivity index (χ2n) is 1.40. The molecule has 0 aromatic carbocycles. The molecule has 0 N–H and O–H groups in total. The lowest BCUT2D eigenvalue weighted by Crippen LogP contribution is -1.89. The molecule has 0 aromatic heterocycles. The van der Waals surface area contributed by atoms with Gasteiger partial charge in [0.2, 0.25) is 0 Å². The highest BCUT2D eigenvalue weighted by Crippen LogP contribution is 1.85. The van der Waals surface area contributed by atoms with Gasteiger partial charge in [0.15, 0.2) is 0 Å². The number of unbranched alkanes of at least 4 members (excludes halogenated alkanes) is 1. The summed E-state index contributed by atoms with van der Waals surface area (Å²) >= 11 is 0. The summed E-state index contributed by atoms with van der Waals surface area (Å²) in [5.41, 5.74) is 0. The normalized spacial score (nSPS) is 9.43. The number of hydrogen-bond acceptors (Lipinski definition) is 1. The van der Waals surface area contributed by atoms with Gasteiger partial charge in [0.25, 0.3) is 0 Å². The van der Waals surface area contributed by atoms with Crippen LogP contribution in [-0.2, 0) is 9.84 Å². The first-order valence-electron chi connectivity index (χ1n) is 2.49. The maximum atomic E-state index is 9.75. The largest absolute Gasteiger partial charge is 0.385 e. The average molecular weight is 103 g/mol. The molecule has 43 valence electrons. The zero-order chi connectivity index (χ0) is 5.54. The quantitative estimate of drug-likeness (QED) is 0.485. The van der Waals surface area contributed by atoms with Gasteiger partial charge in [-0.25, -0.2) is 5.11 Å². The number of rotatable bonds is 4. The average Bonchev–Trinajstić information content (AvgIpc) is 1.69. The maximum Gasteiger partial charge on any atom is 0.0823 e.